The second-order valence-electron chi connectivity index (χ2n) is 4.93. The van der Waals surface area contributed by atoms with Gasteiger partial charge < -0.3 is 4.90 Å². The van der Waals surface area contributed by atoms with Crippen molar-refractivity contribution in [2.75, 3.05) is 16.8 Å². The van der Waals surface area contributed by atoms with Crippen molar-refractivity contribution in [2.45, 2.75) is 6.92 Å². The summed E-state index contributed by atoms with van der Waals surface area (Å²) in [7, 11) is 0. The molecule has 0 saturated heterocycles. The molecule has 1 amide bonds. The van der Waals surface area contributed by atoms with E-state index in [9.17, 15) is 19.7 Å². The molecule has 0 heterocycles. The van der Waals surface area contributed by atoms with Crippen LogP contribution in [0.4, 0.5) is 11.4 Å². The first-order chi connectivity index (χ1) is 11.5. The Labute approximate surface area is 147 Å². The van der Waals surface area contributed by atoms with Gasteiger partial charge in [0, 0.05) is 24.2 Å². The van der Waals surface area contributed by atoms with E-state index < -0.39 is 4.92 Å². The average molecular weight is 391 g/mol. The molecular weight excluding hydrogens is 376 g/mol. The quantitative estimate of drug-likeness (QED) is 0.326. The summed E-state index contributed by atoms with van der Waals surface area (Å²) in [5.41, 5.74) is 0.704. The van der Waals surface area contributed by atoms with Crippen LogP contribution in [0.1, 0.15) is 22.8 Å². The normalized spacial score (nSPS) is 10.2. The van der Waals surface area contributed by atoms with Gasteiger partial charge >= 0.3 is 0 Å². The Morgan fingerprint density at radius 1 is 1.17 bits per heavy atom. The molecule has 0 radical (unpaired) electrons. The Balaban J connectivity index is 2.61. The maximum Gasteiger partial charge on any atom is 0.270 e. The Hall–Kier alpha value is -2.54. The van der Waals surface area contributed by atoms with Crippen LogP contribution in [-0.2, 0) is 4.79 Å². The molecule has 2 aromatic rings. The van der Waals surface area contributed by atoms with Gasteiger partial charge in [-0.1, -0.05) is 46.3 Å². The van der Waals surface area contributed by atoms with E-state index in [2.05, 4.69) is 15.9 Å². The van der Waals surface area contributed by atoms with Gasteiger partial charge in [0.1, 0.15) is 0 Å². The van der Waals surface area contributed by atoms with E-state index in [-0.39, 0.29) is 28.3 Å². The van der Waals surface area contributed by atoms with Crippen molar-refractivity contribution < 1.29 is 14.5 Å². The number of carbonyl (C=O) groups excluding carboxylic acids is 2. The minimum Gasteiger partial charge on any atom is -0.311 e. The molecule has 24 heavy (non-hydrogen) atoms. The summed E-state index contributed by atoms with van der Waals surface area (Å²) in [6.45, 7) is 2.12. The summed E-state index contributed by atoms with van der Waals surface area (Å²) in [5.74, 6) is -0.594. The van der Waals surface area contributed by atoms with Gasteiger partial charge in [-0.05, 0) is 13.0 Å². The van der Waals surface area contributed by atoms with Crippen molar-refractivity contribution in [1.29, 1.82) is 0 Å². The van der Waals surface area contributed by atoms with Crippen LogP contribution in [0.2, 0.25) is 0 Å². The van der Waals surface area contributed by atoms with Crippen molar-refractivity contribution in [3.05, 3.63) is 69.8 Å². The fraction of sp³-hybridized carbons (Fsp3) is 0.176. The van der Waals surface area contributed by atoms with Crippen molar-refractivity contribution >= 4 is 39.0 Å². The average Bonchev–Trinajstić information content (AvgIpc) is 2.62. The van der Waals surface area contributed by atoms with E-state index in [1.165, 1.54) is 23.1 Å². The number of hydrogen-bond acceptors (Lipinski definition) is 4. The maximum atomic E-state index is 12.8. The van der Waals surface area contributed by atoms with Crippen molar-refractivity contribution in [1.82, 2.24) is 0 Å². The Bertz CT molecular complexity index is 777. The Morgan fingerprint density at radius 3 is 2.38 bits per heavy atom. The number of rotatable bonds is 6. The summed E-state index contributed by atoms with van der Waals surface area (Å²) >= 11 is 3.11. The lowest BCUT2D eigenvalue weighted by molar-refractivity contribution is -0.384. The molecule has 7 heteroatoms. The lowest BCUT2D eigenvalue weighted by Crippen LogP contribution is -2.32. The molecule has 0 aliphatic rings. The summed E-state index contributed by atoms with van der Waals surface area (Å²) in [6, 6.07) is 12.4. The highest BCUT2D eigenvalue weighted by molar-refractivity contribution is 9.09. The summed E-state index contributed by atoms with van der Waals surface area (Å²) in [4.78, 5) is 36.8. The number of carbonyl (C=O) groups is 2. The van der Waals surface area contributed by atoms with Crippen LogP contribution in [0.15, 0.2) is 48.5 Å². The molecule has 0 aliphatic carbocycles. The minimum atomic E-state index is -0.561. The summed E-state index contributed by atoms with van der Waals surface area (Å²) < 4.78 is 0. The van der Waals surface area contributed by atoms with Crippen molar-refractivity contribution in [2.24, 2.45) is 0 Å². The van der Waals surface area contributed by atoms with E-state index in [1.54, 1.807) is 37.3 Å². The lowest BCUT2D eigenvalue weighted by Gasteiger charge is -2.22. The smallest absolute Gasteiger partial charge is 0.270 e. The van der Waals surface area contributed by atoms with E-state index in [0.717, 1.165) is 0 Å². The summed E-state index contributed by atoms with van der Waals surface area (Å²) in [5, 5.41) is 11.2. The molecule has 2 rings (SSSR count). The van der Waals surface area contributed by atoms with Crippen molar-refractivity contribution in [3.8, 4) is 0 Å². The van der Waals surface area contributed by atoms with Gasteiger partial charge in [-0.3, -0.25) is 19.7 Å². The maximum absolute atomic E-state index is 12.8. The zero-order valence-electron chi connectivity index (χ0n) is 12.9. The minimum absolute atomic E-state index is 0.0940. The van der Waals surface area contributed by atoms with Gasteiger partial charge in [0.2, 0.25) is 5.91 Å². The number of benzene rings is 2. The molecule has 0 aliphatic heterocycles. The van der Waals surface area contributed by atoms with Crippen LogP contribution in [0, 0.1) is 10.1 Å². The van der Waals surface area contributed by atoms with Crippen LogP contribution < -0.4 is 4.90 Å². The molecule has 124 valence electrons. The van der Waals surface area contributed by atoms with Gasteiger partial charge in [0.15, 0.2) is 5.78 Å². The Kier molecular flexibility index (Phi) is 5.81. The number of non-ortho nitro benzene ring substituents is 1. The predicted molar refractivity (Wildman–Crippen MR) is 94.8 cm³/mol. The molecule has 0 unspecified atom stereocenters. The monoisotopic (exact) mass is 390 g/mol. The van der Waals surface area contributed by atoms with Crippen LogP contribution in [0.3, 0.4) is 0 Å². The first-order valence-corrected chi connectivity index (χ1v) is 8.36. The highest BCUT2D eigenvalue weighted by atomic mass is 79.9. The molecule has 0 spiro atoms. The van der Waals surface area contributed by atoms with E-state index >= 15 is 0 Å². The van der Waals surface area contributed by atoms with E-state index in [1.807, 2.05) is 0 Å². The van der Waals surface area contributed by atoms with Crippen LogP contribution in [-0.4, -0.2) is 28.5 Å². The fourth-order valence-corrected chi connectivity index (χ4v) is 2.66. The van der Waals surface area contributed by atoms with Crippen LogP contribution in [0.5, 0.6) is 0 Å². The summed E-state index contributed by atoms with van der Waals surface area (Å²) in [6.07, 6.45) is 0. The molecular formula is C17H15BrN2O4. The SMILES string of the molecule is CCN(C(=O)CBr)c1ccc([N+](=O)[O-])cc1C(=O)c1ccccc1. The third-order valence-electron chi connectivity index (χ3n) is 3.49. The molecule has 0 atom stereocenters. The highest BCUT2D eigenvalue weighted by Crippen LogP contribution is 2.28. The number of anilines is 1. The largest absolute Gasteiger partial charge is 0.311 e. The number of amides is 1. The third kappa shape index (κ3) is 3.68. The van der Waals surface area contributed by atoms with Gasteiger partial charge in [0.25, 0.3) is 5.69 Å². The molecule has 0 bridgehead atoms. The van der Waals surface area contributed by atoms with Crippen LogP contribution in [0.25, 0.3) is 0 Å². The Morgan fingerprint density at radius 2 is 1.83 bits per heavy atom. The molecule has 0 aromatic heterocycles. The number of nitro groups is 1. The predicted octanol–water partition coefficient (Wildman–Crippen LogP) is 3.57. The second kappa shape index (κ2) is 7.83. The second-order valence-corrected chi connectivity index (χ2v) is 5.49. The zero-order chi connectivity index (χ0) is 17.7. The van der Waals surface area contributed by atoms with E-state index in [0.29, 0.717) is 17.8 Å². The van der Waals surface area contributed by atoms with Gasteiger partial charge in [0.05, 0.1) is 21.5 Å². The molecule has 0 fully saturated rings. The number of alkyl halides is 1. The van der Waals surface area contributed by atoms with Gasteiger partial charge in [-0.15, -0.1) is 0 Å². The highest BCUT2D eigenvalue weighted by Gasteiger charge is 2.23. The lowest BCUT2D eigenvalue weighted by atomic mass is 10.00. The van der Waals surface area contributed by atoms with Crippen LogP contribution >= 0.6 is 15.9 Å². The number of hydrogen-bond donors (Lipinski definition) is 0. The number of halogens is 1. The molecule has 0 saturated carbocycles. The molecule has 0 N–H and O–H groups in total. The first kappa shape index (κ1) is 17.8. The standard InChI is InChI=1S/C17H15BrN2O4/c1-2-19(16(21)11-18)15-9-8-13(20(23)24)10-14(15)17(22)12-6-4-3-5-7-12/h3-10H,2,11H2,1H3. The van der Waals surface area contributed by atoms with Gasteiger partial charge in [-0.25, -0.2) is 0 Å². The van der Waals surface area contributed by atoms with Crippen molar-refractivity contribution in [3.63, 3.8) is 0 Å². The molecule has 2 aromatic carbocycles. The number of nitro benzene ring substituents is 1. The third-order valence-corrected chi connectivity index (χ3v) is 3.97. The fourth-order valence-electron chi connectivity index (χ4n) is 2.35. The number of ketones is 1. The zero-order valence-corrected chi connectivity index (χ0v) is 14.5. The molecule has 6 nitrogen and oxygen atoms in total. The van der Waals surface area contributed by atoms with Gasteiger partial charge in [-0.2, -0.15) is 0 Å². The topological polar surface area (TPSA) is 80.5 Å². The van der Waals surface area contributed by atoms with E-state index in [4.69, 9.17) is 0 Å². The number of nitrogens with zero attached hydrogens (tertiary/aromatic N) is 2. The first-order valence-electron chi connectivity index (χ1n) is 7.24.